The van der Waals surface area contributed by atoms with Crippen molar-refractivity contribution in [2.45, 2.75) is 43.8 Å². The Hall–Kier alpha value is -1.81. The molecule has 9 nitrogen and oxygen atoms in total. The predicted octanol–water partition coefficient (Wildman–Crippen LogP) is -0.980. The summed E-state index contributed by atoms with van der Waals surface area (Å²) in [6.07, 6.45) is 3.00. The van der Waals surface area contributed by atoms with Crippen LogP contribution in [-0.4, -0.2) is 70.6 Å². The van der Waals surface area contributed by atoms with E-state index in [0.717, 1.165) is 13.0 Å². The van der Waals surface area contributed by atoms with Gasteiger partial charge in [-0.2, -0.15) is 11.8 Å². The van der Waals surface area contributed by atoms with E-state index in [1.165, 1.54) is 11.8 Å². The zero-order chi connectivity index (χ0) is 18.1. The van der Waals surface area contributed by atoms with Gasteiger partial charge < -0.3 is 26.2 Å². The smallest absolute Gasteiger partial charge is 0.326 e. The predicted molar refractivity (Wildman–Crippen MR) is 87.8 cm³/mol. The minimum absolute atomic E-state index is 0.307. The highest BCUT2D eigenvalue weighted by Gasteiger charge is 2.30. The number of nitrogens with one attached hydrogen (secondary N) is 3. The third-order valence-electron chi connectivity index (χ3n) is 3.61. The van der Waals surface area contributed by atoms with Gasteiger partial charge in [-0.05, 0) is 37.8 Å². The molecule has 0 bridgehead atoms. The first-order chi connectivity index (χ1) is 11.3. The molecule has 0 saturated carbocycles. The lowest BCUT2D eigenvalue weighted by Gasteiger charge is -2.22. The number of amides is 2. The summed E-state index contributed by atoms with van der Waals surface area (Å²) in [5.74, 6) is -3.17. The minimum atomic E-state index is -1.53. The zero-order valence-corrected chi connectivity index (χ0v) is 14.2. The number of carbonyl (C=O) groups is 4. The highest BCUT2D eigenvalue weighted by molar-refractivity contribution is 7.98. The van der Waals surface area contributed by atoms with Gasteiger partial charge in [-0.3, -0.25) is 14.4 Å². The van der Waals surface area contributed by atoms with Crippen molar-refractivity contribution in [3.63, 3.8) is 0 Å². The number of hydrogen-bond donors (Lipinski definition) is 5. The van der Waals surface area contributed by atoms with Crippen molar-refractivity contribution < 1.29 is 29.4 Å². The molecule has 1 aliphatic rings. The van der Waals surface area contributed by atoms with Gasteiger partial charge in [0.2, 0.25) is 11.8 Å². The highest BCUT2D eigenvalue weighted by atomic mass is 32.2. The van der Waals surface area contributed by atoms with Gasteiger partial charge in [0.25, 0.3) is 0 Å². The summed E-state index contributed by atoms with van der Waals surface area (Å²) < 4.78 is 0. The fourth-order valence-electron chi connectivity index (χ4n) is 2.33. The van der Waals surface area contributed by atoms with Crippen LogP contribution in [0.4, 0.5) is 0 Å². The van der Waals surface area contributed by atoms with Gasteiger partial charge in [0.05, 0.1) is 12.5 Å². The van der Waals surface area contributed by atoms with Crippen LogP contribution in [-0.2, 0) is 19.2 Å². The Balaban J connectivity index is 2.69. The molecule has 136 valence electrons. The number of rotatable bonds is 10. The van der Waals surface area contributed by atoms with Crippen LogP contribution < -0.4 is 16.0 Å². The minimum Gasteiger partial charge on any atom is -0.481 e. The first-order valence-corrected chi connectivity index (χ1v) is 9.02. The lowest BCUT2D eigenvalue weighted by Crippen LogP contribution is -2.54. The number of carboxylic acid groups (broad SMARTS) is 2. The topological polar surface area (TPSA) is 145 Å². The summed E-state index contributed by atoms with van der Waals surface area (Å²) in [5, 5.41) is 25.6. The van der Waals surface area contributed by atoms with Gasteiger partial charge in [0.1, 0.15) is 12.1 Å². The van der Waals surface area contributed by atoms with Crippen molar-refractivity contribution in [2.24, 2.45) is 0 Å². The Bertz CT molecular complexity index is 481. The number of hydrogen-bond acceptors (Lipinski definition) is 6. The van der Waals surface area contributed by atoms with E-state index in [2.05, 4.69) is 16.0 Å². The van der Waals surface area contributed by atoms with Gasteiger partial charge in [-0.1, -0.05) is 0 Å². The van der Waals surface area contributed by atoms with E-state index < -0.39 is 36.4 Å². The third-order valence-corrected chi connectivity index (χ3v) is 4.26. The maximum absolute atomic E-state index is 12.3. The molecular weight excluding hydrogens is 338 g/mol. The second-order valence-electron chi connectivity index (χ2n) is 5.49. The highest BCUT2D eigenvalue weighted by Crippen LogP contribution is 2.07. The number of carboxylic acids is 2. The second-order valence-corrected chi connectivity index (χ2v) is 6.47. The molecule has 0 aromatic heterocycles. The molecule has 1 heterocycles. The van der Waals surface area contributed by atoms with E-state index in [1.54, 1.807) is 0 Å². The molecule has 24 heavy (non-hydrogen) atoms. The molecule has 2 amide bonds. The molecule has 5 N–H and O–H groups in total. The summed E-state index contributed by atoms with van der Waals surface area (Å²) in [5.41, 5.74) is 0. The zero-order valence-electron chi connectivity index (χ0n) is 13.4. The van der Waals surface area contributed by atoms with E-state index in [9.17, 15) is 19.2 Å². The van der Waals surface area contributed by atoms with Crippen molar-refractivity contribution in [1.29, 1.82) is 0 Å². The Morgan fingerprint density at radius 1 is 1.21 bits per heavy atom. The van der Waals surface area contributed by atoms with Gasteiger partial charge in [-0.25, -0.2) is 4.79 Å². The first-order valence-electron chi connectivity index (χ1n) is 7.62. The lowest BCUT2D eigenvalue weighted by molar-refractivity contribution is -0.147. The van der Waals surface area contributed by atoms with Crippen LogP contribution >= 0.6 is 11.8 Å². The van der Waals surface area contributed by atoms with E-state index in [0.29, 0.717) is 18.6 Å². The summed E-state index contributed by atoms with van der Waals surface area (Å²) in [7, 11) is 0. The van der Waals surface area contributed by atoms with E-state index >= 15 is 0 Å². The van der Waals surface area contributed by atoms with Crippen molar-refractivity contribution in [3.05, 3.63) is 0 Å². The molecule has 1 saturated heterocycles. The molecule has 0 spiro atoms. The lowest BCUT2D eigenvalue weighted by atomic mass is 10.1. The summed E-state index contributed by atoms with van der Waals surface area (Å²) >= 11 is 1.49. The quantitative estimate of drug-likeness (QED) is 0.334. The standard InChI is InChI=1S/C14H23N3O6S/c1-24-6-4-9(16-12(20)8-3-2-5-15-8)13(21)17-10(14(22)23)7-11(18)19/h8-10,15H,2-7H2,1H3,(H,16,20)(H,17,21)(H,18,19)(H,22,23). The summed E-state index contributed by atoms with van der Waals surface area (Å²) in [6.45, 7) is 0.736. The van der Waals surface area contributed by atoms with Crippen LogP contribution in [0.1, 0.15) is 25.7 Å². The molecule has 0 aromatic rings. The fraction of sp³-hybridized carbons (Fsp3) is 0.714. The van der Waals surface area contributed by atoms with Crippen molar-refractivity contribution in [1.82, 2.24) is 16.0 Å². The molecule has 0 radical (unpaired) electrons. The van der Waals surface area contributed by atoms with Gasteiger partial charge >= 0.3 is 11.9 Å². The van der Waals surface area contributed by atoms with Crippen molar-refractivity contribution >= 4 is 35.5 Å². The Kier molecular flexibility index (Phi) is 8.55. The van der Waals surface area contributed by atoms with E-state index in [1.807, 2.05) is 6.26 Å². The van der Waals surface area contributed by atoms with Crippen LogP contribution in [0.5, 0.6) is 0 Å². The molecular formula is C14H23N3O6S. The molecule has 10 heteroatoms. The average molecular weight is 361 g/mol. The second kappa shape index (κ2) is 10.1. The number of carbonyl (C=O) groups excluding carboxylic acids is 2. The first kappa shape index (κ1) is 20.2. The molecule has 0 aromatic carbocycles. The molecule has 3 atom stereocenters. The van der Waals surface area contributed by atoms with Gasteiger partial charge in [0, 0.05) is 0 Å². The summed E-state index contributed by atoms with van der Waals surface area (Å²) in [6, 6.07) is -2.79. The van der Waals surface area contributed by atoms with Crippen molar-refractivity contribution in [2.75, 3.05) is 18.6 Å². The van der Waals surface area contributed by atoms with Crippen LogP contribution in [0.3, 0.4) is 0 Å². The maximum atomic E-state index is 12.3. The normalized spacial score (nSPS) is 19.3. The van der Waals surface area contributed by atoms with Gasteiger partial charge in [-0.15, -0.1) is 0 Å². The Morgan fingerprint density at radius 2 is 1.92 bits per heavy atom. The van der Waals surface area contributed by atoms with Crippen LogP contribution in [0.2, 0.25) is 0 Å². The average Bonchev–Trinajstić information content (AvgIpc) is 3.04. The van der Waals surface area contributed by atoms with Crippen LogP contribution in [0.25, 0.3) is 0 Å². The molecule has 1 rings (SSSR count). The summed E-state index contributed by atoms with van der Waals surface area (Å²) in [4.78, 5) is 46.2. The largest absolute Gasteiger partial charge is 0.481 e. The maximum Gasteiger partial charge on any atom is 0.326 e. The van der Waals surface area contributed by atoms with Gasteiger partial charge in [0.15, 0.2) is 0 Å². The monoisotopic (exact) mass is 361 g/mol. The van der Waals surface area contributed by atoms with E-state index in [4.69, 9.17) is 10.2 Å². The number of thioether (sulfide) groups is 1. The molecule has 0 aliphatic carbocycles. The number of aliphatic carboxylic acids is 2. The molecule has 1 aliphatic heterocycles. The SMILES string of the molecule is CSCCC(NC(=O)C1CCCN1)C(=O)NC(CC(=O)O)C(=O)O. The fourth-order valence-corrected chi connectivity index (χ4v) is 2.80. The van der Waals surface area contributed by atoms with Crippen molar-refractivity contribution in [3.8, 4) is 0 Å². The van der Waals surface area contributed by atoms with Crippen LogP contribution in [0, 0.1) is 0 Å². The Labute approximate surface area is 143 Å². The van der Waals surface area contributed by atoms with Crippen LogP contribution in [0.15, 0.2) is 0 Å². The molecule has 3 unspecified atom stereocenters. The third kappa shape index (κ3) is 6.75. The molecule has 1 fully saturated rings. The van der Waals surface area contributed by atoms with E-state index in [-0.39, 0.29) is 11.9 Å². The Morgan fingerprint density at radius 3 is 2.42 bits per heavy atom.